The number of carboxylic acid groups (broad SMARTS) is 1. The van der Waals surface area contributed by atoms with Gasteiger partial charge in [-0.25, -0.2) is 0 Å². The zero-order valence-corrected chi connectivity index (χ0v) is 11.5. The second-order valence-electron chi connectivity index (χ2n) is 5.47. The van der Waals surface area contributed by atoms with Crippen LogP contribution in [0.5, 0.6) is 0 Å². The maximum absolute atomic E-state index is 12.7. The van der Waals surface area contributed by atoms with Crippen molar-refractivity contribution in [3.63, 3.8) is 0 Å². The van der Waals surface area contributed by atoms with Crippen LogP contribution in [-0.4, -0.2) is 16.9 Å². The van der Waals surface area contributed by atoms with Gasteiger partial charge in [-0.15, -0.1) is 0 Å². The first-order valence-electron chi connectivity index (χ1n) is 6.85. The third kappa shape index (κ3) is 2.70. The summed E-state index contributed by atoms with van der Waals surface area (Å²) in [5.41, 5.74) is 2.61. The molecule has 3 nitrogen and oxygen atoms in total. The number of rotatable bonds is 3. The van der Waals surface area contributed by atoms with Gasteiger partial charge in [0.1, 0.15) is 0 Å². The Morgan fingerprint density at radius 3 is 2.11 bits per heavy atom. The molecular weight excluding hydrogens is 240 g/mol. The monoisotopic (exact) mass is 260 g/mol. The Hall–Kier alpha value is -1.64. The Morgan fingerprint density at radius 2 is 1.58 bits per heavy atom. The Labute approximate surface area is 113 Å². The summed E-state index contributed by atoms with van der Waals surface area (Å²) < 4.78 is 0. The van der Waals surface area contributed by atoms with E-state index in [2.05, 4.69) is 0 Å². The van der Waals surface area contributed by atoms with Gasteiger partial charge in [-0.1, -0.05) is 31.0 Å². The zero-order chi connectivity index (χ0) is 14.0. The summed E-state index contributed by atoms with van der Waals surface area (Å²) in [4.78, 5) is 24.0. The van der Waals surface area contributed by atoms with E-state index < -0.39 is 11.9 Å². The van der Waals surface area contributed by atoms with E-state index in [1.54, 1.807) is 0 Å². The fourth-order valence-corrected chi connectivity index (χ4v) is 3.13. The number of Topliss-reactive ketones (excluding diaryl/α,β-unsaturated/α-hetero) is 1. The molecule has 19 heavy (non-hydrogen) atoms. The molecule has 0 aromatic heterocycles. The van der Waals surface area contributed by atoms with Crippen LogP contribution in [0.3, 0.4) is 0 Å². The third-order valence-corrected chi connectivity index (χ3v) is 4.15. The predicted molar refractivity (Wildman–Crippen MR) is 73.3 cm³/mol. The van der Waals surface area contributed by atoms with Crippen LogP contribution < -0.4 is 0 Å². The van der Waals surface area contributed by atoms with Gasteiger partial charge in [0.05, 0.1) is 5.92 Å². The molecule has 2 unspecified atom stereocenters. The van der Waals surface area contributed by atoms with Gasteiger partial charge in [-0.2, -0.15) is 0 Å². The molecule has 0 spiro atoms. The standard InChI is InChI=1S/C16H20O3/c1-10-6-5-7-11(2)14(10)15(17)12-8-3-4-9-13(12)16(18)19/h5-7,12-13H,3-4,8-9H2,1-2H3,(H,18,19). The topological polar surface area (TPSA) is 54.4 Å². The van der Waals surface area contributed by atoms with Crippen LogP contribution in [0.1, 0.15) is 47.2 Å². The summed E-state index contributed by atoms with van der Waals surface area (Å²) in [7, 11) is 0. The lowest BCUT2D eigenvalue weighted by Gasteiger charge is -2.28. The lowest BCUT2D eigenvalue weighted by molar-refractivity contribution is -0.144. The zero-order valence-electron chi connectivity index (χ0n) is 11.5. The number of hydrogen-bond donors (Lipinski definition) is 1. The van der Waals surface area contributed by atoms with Crippen molar-refractivity contribution in [3.05, 3.63) is 34.9 Å². The van der Waals surface area contributed by atoms with Crippen LogP contribution in [0.2, 0.25) is 0 Å². The minimum atomic E-state index is -0.829. The van der Waals surface area contributed by atoms with Crippen molar-refractivity contribution in [1.82, 2.24) is 0 Å². The molecule has 1 aromatic carbocycles. The highest BCUT2D eigenvalue weighted by molar-refractivity contribution is 6.02. The number of aliphatic carboxylic acids is 1. The van der Waals surface area contributed by atoms with Gasteiger partial charge in [-0.3, -0.25) is 9.59 Å². The molecular formula is C16H20O3. The quantitative estimate of drug-likeness (QED) is 0.848. The summed E-state index contributed by atoms with van der Waals surface area (Å²) in [6, 6.07) is 5.76. The first-order chi connectivity index (χ1) is 9.02. The summed E-state index contributed by atoms with van der Waals surface area (Å²) in [5, 5.41) is 9.29. The predicted octanol–water partition coefficient (Wildman–Crippen LogP) is 3.38. The highest BCUT2D eigenvalue weighted by atomic mass is 16.4. The van der Waals surface area contributed by atoms with Crippen LogP contribution >= 0.6 is 0 Å². The molecule has 1 N–H and O–H groups in total. The van der Waals surface area contributed by atoms with Gasteiger partial charge in [-0.05, 0) is 37.8 Å². The SMILES string of the molecule is Cc1cccc(C)c1C(=O)C1CCCCC1C(=O)O. The van der Waals surface area contributed by atoms with E-state index in [1.807, 2.05) is 32.0 Å². The molecule has 102 valence electrons. The summed E-state index contributed by atoms with van der Waals surface area (Å²) in [6.45, 7) is 3.83. The van der Waals surface area contributed by atoms with Gasteiger partial charge in [0.2, 0.25) is 0 Å². The smallest absolute Gasteiger partial charge is 0.307 e. The molecule has 0 aliphatic heterocycles. The fourth-order valence-electron chi connectivity index (χ4n) is 3.13. The average molecular weight is 260 g/mol. The van der Waals surface area contributed by atoms with Gasteiger partial charge in [0.15, 0.2) is 5.78 Å². The minimum absolute atomic E-state index is 0.0164. The molecule has 3 heteroatoms. The molecule has 0 amide bonds. The van der Waals surface area contributed by atoms with Crippen LogP contribution in [0.4, 0.5) is 0 Å². The highest BCUT2D eigenvalue weighted by Crippen LogP contribution is 2.34. The van der Waals surface area contributed by atoms with Gasteiger partial charge >= 0.3 is 5.97 Å². The molecule has 0 radical (unpaired) electrons. The van der Waals surface area contributed by atoms with Crippen molar-refractivity contribution in [3.8, 4) is 0 Å². The number of ketones is 1. The molecule has 1 fully saturated rings. The van der Waals surface area contributed by atoms with E-state index in [0.717, 1.165) is 29.5 Å². The van der Waals surface area contributed by atoms with Crippen LogP contribution in [0.15, 0.2) is 18.2 Å². The van der Waals surface area contributed by atoms with Crippen LogP contribution in [0.25, 0.3) is 0 Å². The van der Waals surface area contributed by atoms with E-state index >= 15 is 0 Å². The molecule has 2 rings (SSSR count). The minimum Gasteiger partial charge on any atom is -0.481 e. The second-order valence-corrected chi connectivity index (χ2v) is 5.47. The first kappa shape index (κ1) is 13.8. The van der Waals surface area contributed by atoms with Crippen LogP contribution in [-0.2, 0) is 4.79 Å². The highest BCUT2D eigenvalue weighted by Gasteiger charge is 2.36. The summed E-state index contributed by atoms with van der Waals surface area (Å²) in [5.74, 6) is -1.68. The molecule has 0 heterocycles. The Bertz CT molecular complexity index is 484. The van der Waals surface area contributed by atoms with Crippen LogP contribution in [0, 0.1) is 25.7 Å². The van der Waals surface area contributed by atoms with E-state index in [-0.39, 0.29) is 11.7 Å². The largest absolute Gasteiger partial charge is 0.481 e. The van der Waals surface area contributed by atoms with Crippen molar-refractivity contribution in [2.24, 2.45) is 11.8 Å². The lowest BCUT2D eigenvalue weighted by Crippen LogP contribution is -2.33. The van der Waals surface area contributed by atoms with Crippen molar-refractivity contribution in [1.29, 1.82) is 0 Å². The fraction of sp³-hybridized carbons (Fsp3) is 0.500. The number of hydrogen-bond acceptors (Lipinski definition) is 2. The van der Waals surface area contributed by atoms with Gasteiger partial charge in [0.25, 0.3) is 0 Å². The average Bonchev–Trinajstić information content (AvgIpc) is 2.38. The molecule has 1 aliphatic carbocycles. The third-order valence-electron chi connectivity index (χ3n) is 4.15. The molecule has 1 aromatic rings. The maximum atomic E-state index is 12.7. The summed E-state index contributed by atoms with van der Waals surface area (Å²) in [6.07, 6.45) is 3.18. The summed E-state index contributed by atoms with van der Waals surface area (Å²) >= 11 is 0. The van der Waals surface area contributed by atoms with Crippen molar-refractivity contribution in [2.75, 3.05) is 0 Å². The van der Waals surface area contributed by atoms with Crippen molar-refractivity contribution >= 4 is 11.8 Å². The Kier molecular flexibility index (Phi) is 4.03. The van der Waals surface area contributed by atoms with Gasteiger partial charge in [0, 0.05) is 11.5 Å². The molecule has 2 atom stereocenters. The van der Waals surface area contributed by atoms with E-state index in [1.165, 1.54) is 0 Å². The normalized spacial score (nSPS) is 23.1. The first-order valence-corrected chi connectivity index (χ1v) is 6.85. The van der Waals surface area contributed by atoms with E-state index in [4.69, 9.17) is 0 Å². The van der Waals surface area contributed by atoms with E-state index in [9.17, 15) is 14.7 Å². The Balaban J connectivity index is 2.34. The number of carbonyl (C=O) groups excluding carboxylic acids is 1. The van der Waals surface area contributed by atoms with Crippen molar-refractivity contribution in [2.45, 2.75) is 39.5 Å². The number of benzene rings is 1. The lowest BCUT2D eigenvalue weighted by atomic mass is 9.74. The number of carboxylic acids is 1. The number of carbonyl (C=O) groups is 2. The van der Waals surface area contributed by atoms with E-state index in [0.29, 0.717) is 12.8 Å². The van der Waals surface area contributed by atoms with Crippen molar-refractivity contribution < 1.29 is 14.7 Å². The maximum Gasteiger partial charge on any atom is 0.307 e. The molecule has 1 saturated carbocycles. The second kappa shape index (κ2) is 5.55. The molecule has 1 aliphatic rings. The molecule has 0 bridgehead atoms. The number of aryl methyl sites for hydroxylation is 2. The Morgan fingerprint density at radius 1 is 1.05 bits per heavy atom. The molecule has 0 saturated heterocycles. The van der Waals surface area contributed by atoms with Gasteiger partial charge < -0.3 is 5.11 Å².